The van der Waals surface area contributed by atoms with E-state index < -0.39 is 0 Å². The second kappa shape index (κ2) is 6.14. The minimum absolute atomic E-state index is 0.270. The molecule has 0 aliphatic carbocycles. The number of amides is 1. The summed E-state index contributed by atoms with van der Waals surface area (Å²) in [5.41, 5.74) is 2.97. The molecule has 2 aromatic rings. The molecule has 0 aliphatic heterocycles. The van der Waals surface area contributed by atoms with E-state index in [-0.39, 0.29) is 5.91 Å². The fourth-order valence-corrected chi connectivity index (χ4v) is 2.08. The fraction of sp³-hybridized carbons (Fsp3) is 0. The molecule has 0 radical (unpaired) electrons. The standard InChI is InChI=1S/C12H8BrIN2O2/c13-9-3-1-2-8(6-9)12(17)16-15-7-10-4-5-11(14)18-10/h1-7H,(H,16,17). The molecule has 0 saturated carbocycles. The van der Waals surface area contributed by atoms with Crippen molar-refractivity contribution in [1.29, 1.82) is 0 Å². The van der Waals surface area contributed by atoms with Crippen LogP contribution in [0.15, 0.2) is 50.4 Å². The number of hydrazone groups is 1. The van der Waals surface area contributed by atoms with E-state index in [1.165, 1.54) is 6.21 Å². The molecule has 18 heavy (non-hydrogen) atoms. The number of carbonyl (C=O) groups is 1. The Labute approximate surface area is 126 Å². The summed E-state index contributed by atoms with van der Waals surface area (Å²) in [5.74, 6) is 0.322. The Bertz CT molecular complexity index is 595. The SMILES string of the molecule is O=C(NN=Cc1ccc(I)o1)c1cccc(Br)c1. The molecular weight excluding hydrogens is 411 g/mol. The van der Waals surface area contributed by atoms with E-state index in [4.69, 9.17) is 4.42 Å². The van der Waals surface area contributed by atoms with E-state index in [1.807, 2.05) is 12.1 Å². The summed E-state index contributed by atoms with van der Waals surface area (Å²) >= 11 is 5.36. The van der Waals surface area contributed by atoms with Crippen LogP contribution in [0.4, 0.5) is 0 Å². The van der Waals surface area contributed by atoms with Crippen molar-refractivity contribution in [3.8, 4) is 0 Å². The molecule has 1 aromatic carbocycles. The smallest absolute Gasteiger partial charge is 0.271 e. The maximum Gasteiger partial charge on any atom is 0.271 e. The van der Waals surface area contributed by atoms with Crippen molar-refractivity contribution in [3.05, 3.63) is 56.0 Å². The molecule has 1 amide bonds. The highest BCUT2D eigenvalue weighted by molar-refractivity contribution is 14.1. The molecule has 0 saturated heterocycles. The first kappa shape index (κ1) is 13.3. The lowest BCUT2D eigenvalue weighted by molar-refractivity contribution is 0.0955. The Morgan fingerprint density at radius 3 is 2.89 bits per heavy atom. The van der Waals surface area contributed by atoms with Crippen LogP contribution in [0.1, 0.15) is 16.1 Å². The third kappa shape index (κ3) is 3.67. The zero-order valence-corrected chi connectivity index (χ0v) is 12.8. The summed E-state index contributed by atoms with van der Waals surface area (Å²) in [4.78, 5) is 11.7. The molecular formula is C12H8BrIN2O2. The van der Waals surface area contributed by atoms with Crippen LogP contribution in [0.25, 0.3) is 0 Å². The summed E-state index contributed by atoms with van der Waals surface area (Å²) in [7, 11) is 0. The lowest BCUT2D eigenvalue weighted by Crippen LogP contribution is -2.17. The normalized spacial score (nSPS) is 10.8. The second-order valence-electron chi connectivity index (χ2n) is 3.35. The third-order valence-corrected chi connectivity index (χ3v) is 3.11. The van der Waals surface area contributed by atoms with Crippen molar-refractivity contribution >= 4 is 50.6 Å². The van der Waals surface area contributed by atoms with Crippen molar-refractivity contribution in [2.24, 2.45) is 5.10 Å². The second-order valence-corrected chi connectivity index (χ2v) is 5.33. The monoisotopic (exact) mass is 418 g/mol. The number of benzene rings is 1. The molecule has 0 unspecified atom stereocenters. The molecule has 2 rings (SSSR count). The van der Waals surface area contributed by atoms with E-state index in [0.717, 1.165) is 8.24 Å². The molecule has 4 nitrogen and oxygen atoms in total. The Balaban J connectivity index is 1.98. The van der Waals surface area contributed by atoms with Crippen LogP contribution >= 0.6 is 38.5 Å². The van der Waals surface area contributed by atoms with Gasteiger partial charge in [0.15, 0.2) is 3.77 Å². The van der Waals surface area contributed by atoms with Gasteiger partial charge in [0, 0.05) is 10.0 Å². The van der Waals surface area contributed by atoms with E-state index in [0.29, 0.717) is 11.3 Å². The zero-order valence-electron chi connectivity index (χ0n) is 9.06. The van der Waals surface area contributed by atoms with E-state index in [1.54, 1.807) is 24.3 Å². The van der Waals surface area contributed by atoms with Crippen molar-refractivity contribution in [2.75, 3.05) is 0 Å². The van der Waals surface area contributed by atoms with Gasteiger partial charge in [-0.2, -0.15) is 5.10 Å². The number of hydrogen-bond acceptors (Lipinski definition) is 3. The van der Waals surface area contributed by atoms with Crippen LogP contribution in [-0.2, 0) is 0 Å². The Hall–Kier alpha value is -1.15. The quantitative estimate of drug-likeness (QED) is 0.471. The number of nitrogens with one attached hydrogen (secondary N) is 1. The molecule has 1 aromatic heterocycles. The topological polar surface area (TPSA) is 54.6 Å². The molecule has 1 heterocycles. The van der Waals surface area contributed by atoms with Gasteiger partial charge in [-0.1, -0.05) is 22.0 Å². The number of furan rings is 1. The summed E-state index contributed by atoms with van der Waals surface area (Å²) < 4.78 is 6.89. The van der Waals surface area contributed by atoms with Crippen molar-refractivity contribution < 1.29 is 9.21 Å². The van der Waals surface area contributed by atoms with Gasteiger partial charge in [0.05, 0.1) is 6.21 Å². The van der Waals surface area contributed by atoms with Gasteiger partial charge in [-0.15, -0.1) is 0 Å². The number of rotatable bonds is 3. The van der Waals surface area contributed by atoms with Gasteiger partial charge >= 0.3 is 0 Å². The van der Waals surface area contributed by atoms with E-state index >= 15 is 0 Å². The minimum atomic E-state index is -0.270. The van der Waals surface area contributed by atoms with E-state index in [2.05, 4.69) is 49.0 Å². The summed E-state index contributed by atoms with van der Waals surface area (Å²) in [5, 5.41) is 3.82. The molecule has 0 spiro atoms. The van der Waals surface area contributed by atoms with Crippen LogP contribution in [0.5, 0.6) is 0 Å². The molecule has 0 aliphatic rings. The number of carbonyl (C=O) groups excluding carboxylic acids is 1. The van der Waals surface area contributed by atoms with Crippen molar-refractivity contribution in [1.82, 2.24) is 5.43 Å². The predicted molar refractivity (Wildman–Crippen MR) is 80.6 cm³/mol. The maximum atomic E-state index is 11.7. The van der Waals surface area contributed by atoms with Gasteiger partial charge in [0.1, 0.15) is 5.76 Å². The highest BCUT2D eigenvalue weighted by atomic mass is 127. The van der Waals surface area contributed by atoms with Crippen LogP contribution in [-0.4, -0.2) is 12.1 Å². The first-order valence-corrected chi connectivity index (χ1v) is 6.86. The Morgan fingerprint density at radius 2 is 2.22 bits per heavy atom. The average Bonchev–Trinajstić information content (AvgIpc) is 2.75. The lowest BCUT2D eigenvalue weighted by Gasteiger charge is -1.99. The zero-order chi connectivity index (χ0) is 13.0. The fourth-order valence-electron chi connectivity index (χ4n) is 1.25. The van der Waals surface area contributed by atoms with Crippen LogP contribution in [0, 0.1) is 3.77 Å². The van der Waals surface area contributed by atoms with Gasteiger partial charge in [-0.05, 0) is 52.9 Å². The first-order chi connectivity index (χ1) is 8.65. The molecule has 6 heteroatoms. The van der Waals surface area contributed by atoms with Gasteiger partial charge in [0.2, 0.25) is 0 Å². The molecule has 0 atom stereocenters. The number of hydrogen-bond donors (Lipinski definition) is 1. The highest BCUT2D eigenvalue weighted by Crippen LogP contribution is 2.11. The van der Waals surface area contributed by atoms with Crippen molar-refractivity contribution in [2.45, 2.75) is 0 Å². The summed E-state index contributed by atoms with van der Waals surface area (Å²) in [6.45, 7) is 0. The van der Waals surface area contributed by atoms with Crippen LogP contribution < -0.4 is 5.43 Å². The predicted octanol–water partition coefficient (Wildman–Crippen LogP) is 3.41. The highest BCUT2D eigenvalue weighted by Gasteiger charge is 2.03. The summed E-state index contributed by atoms with van der Waals surface area (Å²) in [6.07, 6.45) is 1.46. The summed E-state index contributed by atoms with van der Waals surface area (Å²) in [6, 6.07) is 10.7. The Kier molecular flexibility index (Phi) is 4.54. The first-order valence-electron chi connectivity index (χ1n) is 4.99. The van der Waals surface area contributed by atoms with Crippen molar-refractivity contribution in [3.63, 3.8) is 0 Å². The van der Waals surface area contributed by atoms with E-state index in [9.17, 15) is 4.79 Å². The Morgan fingerprint density at radius 1 is 1.39 bits per heavy atom. The maximum absolute atomic E-state index is 11.7. The minimum Gasteiger partial charge on any atom is -0.449 e. The lowest BCUT2D eigenvalue weighted by atomic mass is 10.2. The van der Waals surface area contributed by atoms with Crippen LogP contribution in [0.3, 0.4) is 0 Å². The largest absolute Gasteiger partial charge is 0.449 e. The third-order valence-electron chi connectivity index (χ3n) is 2.04. The number of nitrogens with zero attached hydrogens (tertiary/aromatic N) is 1. The average molecular weight is 419 g/mol. The molecule has 0 fully saturated rings. The van der Waals surface area contributed by atoms with Gasteiger partial charge in [0.25, 0.3) is 5.91 Å². The van der Waals surface area contributed by atoms with Gasteiger partial charge in [-0.25, -0.2) is 5.43 Å². The number of halogens is 2. The molecule has 1 N–H and O–H groups in total. The van der Waals surface area contributed by atoms with Gasteiger partial charge in [-0.3, -0.25) is 4.79 Å². The molecule has 0 bridgehead atoms. The van der Waals surface area contributed by atoms with Crippen LogP contribution in [0.2, 0.25) is 0 Å². The van der Waals surface area contributed by atoms with Gasteiger partial charge < -0.3 is 4.42 Å². The molecule has 92 valence electrons.